The van der Waals surface area contributed by atoms with Crippen LogP contribution in [0.4, 0.5) is 5.69 Å². The van der Waals surface area contributed by atoms with Crippen LogP contribution in [0.2, 0.25) is 10.0 Å². The molecule has 0 heterocycles. The molecule has 1 atom stereocenters. The summed E-state index contributed by atoms with van der Waals surface area (Å²) in [4.78, 5) is 27.2. The van der Waals surface area contributed by atoms with E-state index in [1.807, 2.05) is 6.92 Å². The van der Waals surface area contributed by atoms with Gasteiger partial charge in [-0.3, -0.25) is 13.9 Å². The highest BCUT2D eigenvalue weighted by molar-refractivity contribution is 7.92. The highest BCUT2D eigenvalue weighted by atomic mass is 35.5. The number of halogens is 2. The Balaban J connectivity index is 2.18. The first kappa shape index (κ1) is 28.0. The molecule has 10 heteroatoms. The number of benzene rings is 2. The van der Waals surface area contributed by atoms with E-state index in [0.717, 1.165) is 11.8 Å². The van der Waals surface area contributed by atoms with Gasteiger partial charge < -0.3 is 10.2 Å². The maximum absolute atomic E-state index is 13.2. The van der Waals surface area contributed by atoms with E-state index in [-0.39, 0.29) is 37.7 Å². The number of hydrogen-bond donors (Lipinski definition) is 1. The van der Waals surface area contributed by atoms with Crippen molar-refractivity contribution >= 4 is 50.7 Å². The minimum Gasteiger partial charge on any atom is -0.355 e. The van der Waals surface area contributed by atoms with Gasteiger partial charge in [0.2, 0.25) is 21.8 Å². The van der Waals surface area contributed by atoms with E-state index in [2.05, 4.69) is 5.32 Å². The zero-order valence-corrected chi connectivity index (χ0v) is 22.2. The van der Waals surface area contributed by atoms with Crippen LogP contribution in [-0.4, -0.2) is 50.5 Å². The summed E-state index contributed by atoms with van der Waals surface area (Å²) in [5.74, 6) is -0.498. The molecule has 2 rings (SSSR count). The molecule has 0 bridgehead atoms. The van der Waals surface area contributed by atoms with Gasteiger partial charge >= 0.3 is 0 Å². The summed E-state index contributed by atoms with van der Waals surface area (Å²) in [5.41, 5.74) is 1.97. The Hall–Kier alpha value is -2.29. The normalized spacial score (nSPS) is 12.2. The van der Waals surface area contributed by atoms with E-state index in [4.69, 9.17) is 23.2 Å². The Morgan fingerprint density at radius 3 is 2.32 bits per heavy atom. The number of amides is 2. The summed E-state index contributed by atoms with van der Waals surface area (Å²) < 4.78 is 26.2. The van der Waals surface area contributed by atoms with Gasteiger partial charge in [-0.25, -0.2) is 8.42 Å². The van der Waals surface area contributed by atoms with E-state index in [0.29, 0.717) is 27.8 Å². The molecule has 0 aliphatic rings. The third-order valence-electron chi connectivity index (χ3n) is 5.44. The minimum atomic E-state index is -3.59. The second kappa shape index (κ2) is 12.4. The molecule has 0 radical (unpaired) electrons. The zero-order valence-electron chi connectivity index (χ0n) is 19.8. The predicted molar refractivity (Wildman–Crippen MR) is 138 cm³/mol. The molecule has 1 N–H and O–H groups in total. The summed E-state index contributed by atoms with van der Waals surface area (Å²) >= 11 is 12.1. The number of likely N-dealkylation sites (N-methyl/N-ethyl adjacent to an activating group) is 1. The second-order valence-electron chi connectivity index (χ2n) is 8.04. The number of carbonyl (C=O) groups excluding carboxylic acids is 2. The molecule has 0 unspecified atom stereocenters. The van der Waals surface area contributed by atoms with E-state index in [1.54, 1.807) is 56.3 Å². The molecule has 0 aliphatic carbocycles. The SMILES string of the molecule is CCNC(=O)[C@@H](C)N(Cc1ccc(Cl)cc1)C(=O)CCCN(c1cccc(Cl)c1C)S(C)(=O)=O. The summed E-state index contributed by atoms with van der Waals surface area (Å²) in [6, 6.07) is 11.5. The first-order valence-corrected chi connectivity index (χ1v) is 13.6. The van der Waals surface area contributed by atoms with Crippen LogP contribution in [0.3, 0.4) is 0 Å². The summed E-state index contributed by atoms with van der Waals surface area (Å²) in [6.45, 7) is 6.04. The first-order chi connectivity index (χ1) is 16.0. The standard InChI is InChI=1S/C24H31Cl2N3O4S/c1-5-27-24(31)18(3)28(16-19-11-13-20(25)14-12-19)23(30)10-7-15-29(34(4,32)33)22-9-6-8-21(26)17(22)2/h6,8-9,11-14,18H,5,7,10,15-16H2,1-4H3,(H,27,31)/t18-/m1/s1. The molecule has 0 fully saturated rings. The smallest absolute Gasteiger partial charge is 0.242 e. The lowest BCUT2D eigenvalue weighted by molar-refractivity contribution is -0.140. The Morgan fingerprint density at radius 2 is 1.74 bits per heavy atom. The fourth-order valence-corrected chi connectivity index (χ4v) is 4.85. The molecular weight excluding hydrogens is 497 g/mol. The van der Waals surface area contributed by atoms with Crippen LogP contribution >= 0.6 is 23.2 Å². The predicted octanol–water partition coefficient (Wildman–Crippen LogP) is 4.40. The Kier molecular flexibility index (Phi) is 10.2. The quantitative estimate of drug-likeness (QED) is 0.469. The van der Waals surface area contributed by atoms with Crippen molar-refractivity contribution in [2.45, 2.75) is 46.2 Å². The Bertz CT molecular complexity index is 1110. The molecule has 186 valence electrons. The molecular formula is C24H31Cl2N3O4S. The lowest BCUT2D eigenvalue weighted by atomic mass is 10.1. The van der Waals surface area contributed by atoms with Gasteiger partial charge in [-0.05, 0) is 62.6 Å². The van der Waals surface area contributed by atoms with Gasteiger partial charge in [0.15, 0.2) is 0 Å². The molecule has 0 aromatic heterocycles. The topological polar surface area (TPSA) is 86.8 Å². The van der Waals surface area contributed by atoms with E-state index in [1.165, 1.54) is 9.21 Å². The number of carbonyl (C=O) groups is 2. The van der Waals surface area contributed by atoms with Crippen molar-refractivity contribution in [3.05, 3.63) is 63.6 Å². The number of nitrogens with zero attached hydrogens (tertiary/aromatic N) is 2. The highest BCUT2D eigenvalue weighted by Crippen LogP contribution is 2.28. The van der Waals surface area contributed by atoms with Crippen LogP contribution < -0.4 is 9.62 Å². The highest BCUT2D eigenvalue weighted by Gasteiger charge is 2.26. The number of sulfonamides is 1. The Morgan fingerprint density at radius 1 is 1.09 bits per heavy atom. The van der Waals surface area contributed by atoms with E-state index < -0.39 is 16.1 Å². The lowest BCUT2D eigenvalue weighted by Crippen LogP contribution is -2.47. The average molecular weight is 529 g/mol. The third kappa shape index (κ3) is 7.61. The van der Waals surface area contributed by atoms with Crippen LogP contribution in [0.15, 0.2) is 42.5 Å². The van der Waals surface area contributed by atoms with Gasteiger partial charge in [0.05, 0.1) is 11.9 Å². The van der Waals surface area contributed by atoms with Gasteiger partial charge in [0, 0.05) is 36.1 Å². The van der Waals surface area contributed by atoms with E-state index >= 15 is 0 Å². The van der Waals surface area contributed by atoms with Crippen molar-refractivity contribution in [3.63, 3.8) is 0 Å². The minimum absolute atomic E-state index is 0.0724. The molecule has 0 saturated heterocycles. The van der Waals surface area contributed by atoms with Crippen LogP contribution in [0.5, 0.6) is 0 Å². The monoisotopic (exact) mass is 527 g/mol. The Labute approximate surface area is 212 Å². The maximum atomic E-state index is 13.2. The second-order valence-corrected chi connectivity index (χ2v) is 10.8. The number of hydrogen-bond acceptors (Lipinski definition) is 4. The van der Waals surface area contributed by atoms with Crippen LogP contribution in [0.1, 0.15) is 37.8 Å². The van der Waals surface area contributed by atoms with Crippen LogP contribution in [-0.2, 0) is 26.2 Å². The zero-order chi connectivity index (χ0) is 25.5. The molecule has 7 nitrogen and oxygen atoms in total. The van der Waals surface area contributed by atoms with Gasteiger partial charge in [-0.2, -0.15) is 0 Å². The first-order valence-electron chi connectivity index (χ1n) is 11.0. The number of rotatable bonds is 11. The lowest BCUT2D eigenvalue weighted by Gasteiger charge is -2.29. The van der Waals surface area contributed by atoms with Gasteiger partial charge in [-0.15, -0.1) is 0 Å². The van der Waals surface area contributed by atoms with Gasteiger partial charge in [0.1, 0.15) is 6.04 Å². The van der Waals surface area contributed by atoms with Crippen LogP contribution in [0, 0.1) is 6.92 Å². The van der Waals surface area contributed by atoms with Crippen molar-refractivity contribution in [2.24, 2.45) is 0 Å². The van der Waals surface area contributed by atoms with Gasteiger partial charge in [0.25, 0.3) is 0 Å². The average Bonchev–Trinajstić information content (AvgIpc) is 2.77. The van der Waals surface area contributed by atoms with Crippen molar-refractivity contribution in [3.8, 4) is 0 Å². The number of nitrogens with one attached hydrogen (secondary N) is 1. The largest absolute Gasteiger partial charge is 0.355 e. The number of anilines is 1. The third-order valence-corrected chi connectivity index (χ3v) is 7.29. The summed E-state index contributed by atoms with van der Waals surface area (Å²) in [7, 11) is -3.59. The molecule has 0 aliphatic heterocycles. The van der Waals surface area contributed by atoms with Crippen molar-refractivity contribution in [1.29, 1.82) is 0 Å². The van der Waals surface area contributed by atoms with Crippen molar-refractivity contribution < 1.29 is 18.0 Å². The molecule has 34 heavy (non-hydrogen) atoms. The van der Waals surface area contributed by atoms with Crippen LogP contribution in [0.25, 0.3) is 0 Å². The summed E-state index contributed by atoms with van der Waals surface area (Å²) in [5, 5.41) is 3.79. The molecule has 2 aromatic rings. The summed E-state index contributed by atoms with van der Waals surface area (Å²) in [6.07, 6.45) is 1.47. The molecule has 2 amide bonds. The molecule has 2 aromatic carbocycles. The van der Waals surface area contributed by atoms with E-state index in [9.17, 15) is 18.0 Å². The van der Waals surface area contributed by atoms with Gasteiger partial charge in [-0.1, -0.05) is 41.4 Å². The van der Waals surface area contributed by atoms with Crippen molar-refractivity contribution in [2.75, 3.05) is 23.7 Å². The fraction of sp³-hybridized carbons (Fsp3) is 0.417. The fourth-order valence-electron chi connectivity index (χ4n) is 3.54. The maximum Gasteiger partial charge on any atom is 0.242 e. The molecule has 0 saturated carbocycles. The molecule has 0 spiro atoms. The van der Waals surface area contributed by atoms with Crippen molar-refractivity contribution in [1.82, 2.24) is 10.2 Å².